The van der Waals surface area contributed by atoms with Crippen LogP contribution in [0.5, 0.6) is 0 Å². The summed E-state index contributed by atoms with van der Waals surface area (Å²) in [6, 6.07) is 0. The van der Waals surface area contributed by atoms with Crippen molar-refractivity contribution in [2.75, 3.05) is 0 Å². The first-order valence-electron chi connectivity index (χ1n) is 7.38. The lowest BCUT2D eigenvalue weighted by Crippen LogP contribution is -2.09. The van der Waals surface area contributed by atoms with Crippen molar-refractivity contribution in [1.82, 2.24) is 15.0 Å². The summed E-state index contributed by atoms with van der Waals surface area (Å²) in [6.07, 6.45) is 6.77. The highest BCUT2D eigenvalue weighted by Crippen LogP contribution is 2.17. The Kier molecular flexibility index (Phi) is 6.37. The molecule has 0 spiro atoms. The van der Waals surface area contributed by atoms with Crippen LogP contribution in [0.1, 0.15) is 59.6 Å². The molecule has 0 saturated heterocycles. The van der Waals surface area contributed by atoms with Crippen LogP contribution in [0, 0.1) is 17.8 Å². The van der Waals surface area contributed by atoms with Gasteiger partial charge in [-0.1, -0.05) is 46.3 Å². The van der Waals surface area contributed by atoms with Gasteiger partial charge in [0.1, 0.15) is 0 Å². The number of nitrogens with zero attached hydrogens (tertiary/aromatic N) is 3. The quantitative estimate of drug-likeness (QED) is 0.700. The van der Waals surface area contributed by atoms with E-state index < -0.39 is 0 Å². The van der Waals surface area contributed by atoms with Crippen molar-refractivity contribution in [2.24, 2.45) is 17.8 Å². The minimum absolute atomic E-state index is 0.725. The van der Waals surface area contributed by atoms with Gasteiger partial charge in [0.2, 0.25) is 0 Å². The highest BCUT2D eigenvalue weighted by Gasteiger charge is 2.09. The average molecular weight is 251 g/mol. The van der Waals surface area contributed by atoms with Gasteiger partial charge in [-0.2, -0.15) is 0 Å². The highest BCUT2D eigenvalue weighted by molar-refractivity contribution is 4.94. The van der Waals surface area contributed by atoms with Crippen molar-refractivity contribution < 1.29 is 0 Å². The molecular weight excluding hydrogens is 222 g/mol. The molecule has 3 nitrogen and oxygen atoms in total. The van der Waals surface area contributed by atoms with Crippen LogP contribution in [0.2, 0.25) is 0 Å². The van der Waals surface area contributed by atoms with Gasteiger partial charge < -0.3 is 0 Å². The molecule has 18 heavy (non-hydrogen) atoms. The van der Waals surface area contributed by atoms with Crippen LogP contribution in [-0.4, -0.2) is 15.0 Å². The van der Waals surface area contributed by atoms with Crippen LogP contribution in [0.15, 0.2) is 6.20 Å². The second-order valence-electron chi connectivity index (χ2n) is 6.24. The lowest BCUT2D eigenvalue weighted by molar-refractivity contribution is 0.379. The van der Waals surface area contributed by atoms with Gasteiger partial charge in [0.15, 0.2) is 0 Å². The number of hydrogen-bond donors (Lipinski definition) is 0. The molecule has 104 valence electrons. The Bertz CT molecular complexity index is 328. The molecule has 0 aliphatic rings. The first kappa shape index (κ1) is 15.2. The molecular formula is C15H29N3. The predicted molar refractivity (Wildman–Crippen MR) is 76.4 cm³/mol. The first-order valence-corrected chi connectivity index (χ1v) is 7.38. The summed E-state index contributed by atoms with van der Waals surface area (Å²) in [5, 5.41) is 8.23. The van der Waals surface area contributed by atoms with E-state index in [2.05, 4.69) is 49.6 Å². The van der Waals surface area contributed by atoms with E-state index in [4.69, 9.17) is 0 Å². The van der Waals surface area contributed by atoms with Crippen LogP contribution in [0.25, 0.3) is 0 Å². The maximum atomic E-state index is 4.19. The first-order chi connectivity index (χ1) is 8.50. The fraction of sp³-hybridized carbons (Fsp3) is 0.867. The van der Waals surface area contributed by atoms with E-state index in [1.54, 1.807) is 0 Å². The van der Waals surface area contributed by atoms with Crippen molar-refractivity contribution in [3.8, 4) is 0 Å². The van der Waals surface area contributed by atoms with Gasteiger partial charge >= 0.3 is 0 Å². The third kappa shape index (κ3) is 5.19. The molecule has 0 aliphatic heterocycles. The molecule has 3 heteroatoms. The molecule has 1 aromatic rings. The molecule has 0 aliphatic carbocycles. The number of aromatic nitrogens is 3. The minimum atomic E-state index is 0.725. The SMILES string of the molecule is CC(C)CCn1nncc1CCCC(C)C(C)C. The fourth-order valence-corrected chi connectivity index (χ4v) is 1.98. The molecule has 0 radical (unpaired) electrons. The molecule has 1 unspecified atom stereocenters. The van der Waals surface area contributed by atoms with Crippen LogP contribution in [0.4, 0.5) is 0 Å². The molecule has 0 N–H and O–H groups in total. The lowest BCUT2D eigenvalue weighted by atomic mass is 9.92. The van der Waals surface area contributed by atoms with E-state index in [1.165, 1.54) is 25.0 Å². The second kappa shape index (κ2) is 7.55. The average Bonchev–Trinajstić information content (AvgIpc) is 2.73. The lowest BCUT2D eigenvalue weighted by Gasteiger charge is -2.15. The molecule has 0 fully saturated rings. The molecule has 1 aromatic heterocycles. The smallest absolute Gasteiger partial charge is 0.0725 e. The molecule has 1 atom stereocenters. The summed E-state index contributed by atoms with van der Waals surface area (Å²) in [6.45, 7) is 12.5. The summed E-state index contributed by atoms with van der Waals surface area (Å²) < 4.78 is 2.08. The Hall–Kier alpha value is -0.860. The van der Waals surface area contributed by atoms with E-state index in [0.29, 0.717) is 0 Å². The maximum absolute atomic E-state index is 4.19. The van der Waals surface area contributed by atoms with Gasteiger partial charge in [0, 0.05) is 6.54 Å². The van der Waals surface area contributed by atoms with Crippen LogP contribution >= 0.6 is 0 Å². The zero-order valence-electron chi connectivity index (χ0n) is 12.7. The van der Waals surface area contributed by atoms with Crippen molar-refractivity contribution in [1.29, 1.82) is 0 Å². The topological polar surface area (TPSA) is 30.7 Å². The summed E-state index contributed by atoms with van der Waals surface area (Å²) in [5.41, 5.74) is 1.30. The van der Waals surface area contributed by atoms with E-state index in [0.717, 1.165) is 30.7 Å². The summed E-state index contributed by atoms with van der Waals surface area (Å²) in [7, 11) is 0. The molecule has 1 rings (SSSR count). The Morgan fingerprint density at radius 1 is 1.11 bits per heavy atom. The van der Waals surface area contributed by atoms with Gasteiger partial charge in [-0.3, -0.25) is 0 Å². The summed E-state index contributed by atoms with van der Waals surface area (Å²) >= 11 is 0. The van der Waals surface area contributed by atoms with Crippen molar-refractivity contribution >= 4 is 0 Å². The zero-order chi connectivity index (χ0) is 13.5. The van der Waals surface area contributed by atoms with Gasteiger partial charge in [0.25, 0.3) is 0 Å². The monoisotopic (exact) mass is 251 g/mol. The summed E-state index contributed by atoms with van der Waals surface area (Å²) in [5.74, 6) is 2.32. The third-order valence-electron chi connectivity index (χ3n) is 3.85. The normalized spacial score (nSPS) is 13.5. The summed E-state index contributed by atoms with van der Waals surface area (Å²) in [4.78, 5) is 0. The van der Waals surface area contributed by atoms with Crippen LogP contribution in [0.3, 0.4) is 0 Å². The van der Waals surface area contributed by atoms with E-state index in [-0.39, 0.29) is 0 Å². The predicted octanol–water partition coefficient (Wildman–Crippen LogP) is 3.94. The van der Waals surface area contributed by atoms with Gasteiger partial charge in [-0.25, -0.2) is 4.68 Å². The standard InChI is InChI=1S/C15H29N3/c1-12(2)9-10-18-15(11-16-17-18)8-6-7-14(5)13(3)4/h11-14H,6-10H2,1-5H3. The zero-order valence-corrected chi connectivity index (χ0v) is 12.7. The maximum Gasteiger partial charge on any atom is 0.0725 e. The van der Waals surface area contributed by atoms with Crippen molar-refractivity contribution in [3.05, 3.63) is 11.9 Å². The Labute approximate surface area is 112 Å². The largest absolute Gasteiger partial charge is 0.249 e. The highest BCUT2D eigenvalue weighted by atomic mass is 15.4. The van der Waals surface area contributed by atoms with Crippen molar-refractivity contribution in [3.63, 3.8) is 0 Å². The number of hydrogen-bond acceptors (Lipinski definition) is 2. The Morgan fingerprint density at radius 3 is 2.44 bits per heavy atom. The van der Waals surface area contributed by atoms with Gasteiger partial charge in [-0.05, 0) is 37.0 Å². The third-order valence-corrected chi connectivity index (χ3v) is 3.85. The van der Waals surface area contributed by atoms with E-state index in [9.17, 15) is 0 Å². The fourth-order valence-electron chi connectivity index (χ4n) is 1.98. The van der Waals surface area contributed by atoms with Crippen molar-refractivity contribution in [2.45, 2.75) is 66.8 Å². The minimum Gasteiger partial charge on any atom is -0.249 e. The number of aryl methyl sites for hydroxylation is 2. The molecule has 0 amide bonds. The Balaban J connectivity index is 2.36. The molecule has 1 heterocycles. The van der Waals surface area contributed by atoms with Gasteiger partial charge in [-0.15, -0.1) is 5.10 Å². The van der Waals surface area contributed by atoms with E-state index >= 15 is 0 Å². The molecule has 0 bridgehead atoms. The van der Waals surface area contributed by atoms with E-state index in [1.807, 2.05) is 6.20 Å². The van der Waals surface area contributed by atoms with Gasteiger partial charge in [0.05, 0.1) is 11.9 Å². The number of rotatable bonds is 8. The molecule has 0 saturated carbocycles. The van der Waals surface area contributed by atoms with Crippen LogP contribution < -0.4 is 0 Å². The van der Waals surface area contributed by atoms with Crippen LogP contribution in [-0.2, 0) is 13.0 Å². The molecule has 0 aromatic carbocycles. The Morgan fingerprint density at radius 2 is 1.83 bits per heavy atom. The second-order valence-corrected chi connectivity index (χ2v) is 6.24.